The summed E-state index contributed by atoms with van der Waals surface area (Å²) < 4.78 is 5.38. The minimum atomic E-state index is -0.519. The molecule has 1 atom stereocenters. The van der Waals surface area contributed by atoms with Crippen LogP contribution >= 0.6 is 11.6 Å². The fraction of sp³-hybridized carbons (Fsp3) is 0.263. The minimum absolute atomic E-state index is 0.152. The van der Waals surface area contributed by atoms with E-state index in [1.807, 2.05) is 19.1 Å². The van der Waals surface area contributed by atoms with Crippen LogP contribution in [0.5, 0.6) is 5.75 Å². The van der Waals surface area contributed by atoms with Crippen LogP contribution in [0.3, 0.4) is 0 Å². The van der Waals surface area contributed by atoms with Gasteiger partial charge in [-0.2, -0.15) is 0 Å². The molecule has 1 fully saturated rings. The molecule has 5 nitrogen and oxygen atoms in total. The Morgan fingerprint density at radius 3 is 2.44 bits per heavy atom. The predicted octanol–water partition coefficient (Wildman–Crippen LogP) is 3.16. The molecule has 6 heteroatoms. The summed E-state index contributed by atoms with van der Waals surface area (Å²) in [6.45, 7) is 2.97. The zero-order valence-electron chi connectivity index (χ0n) is 13.9. The van der Waals surface area contributed by atoms with Crippen molar-refractivity contribution in [3.8, 4) is 5.75 Å². The van der Waals surface area contributed by atoms with Crippen molar-refractivity contribution in [3.63, 3.8) is 0 Å². The molecule has 0 radical (unpaired) electrons. The van der Waals surface area contributed by atoms with Crippen LogP contribution in [0.2, 0.25) is 5.02 Å². The van der Waals surface area contributed by atoms with Gasteiger partial charge in [-0.3, -0.25) is 9.59 Å². The zero-order chi connectivity index (χ0) is 17.8. The summed E-state index contributed by atoms with van der Waals surface area (Å²) in [4.78, 5) is 26.1. The molecule has 1 aliphatic rings. The van der Waals surface area contributed by atoms with Crippen molar-refractivity contribution in [2.45, 2.75) is 25.9 Å². The van der Waals surface area contributed by atoms with Gasteiger partial charge in [-0.25, -0.2) is 4.90 Å². The SMILES string of the molecule is CCOc1ccc(N2C(=O)C[C@H](NCc3ccc(Cl)cc3)C2=O)cc1. The smallest absolute Gasteiger partial charge is 0.251 e. The van der Waals surface area contributed by atoms with E-state index in [4.69, 9.17) is 16.3 Å². The van der Waals surface area contributed by atoms with Gasteiger partial charge in [0.05, 0.1) is 24.8 Å². The molecular weight excluding hydrogens is 340 g/mol. The standard InChI is InChI=1S/C19H19ClN2O3/c1-2-25-16-9-7-15(8-10-16)22-18(23)11-17(19(22)24)21-12-13-3-5-14(20)6-4-13/h3-10,17,21H,2,11-12H2,1H3/t17-/m0/s1. The van der Waals surface area contributed by atoms with E-state index in [0.29, 0.717) is 29.6 Å². The number of amides is 2. The van der Waals surface area contributed by atoms with Gasteiger partial charge in [0, 0.05) is 11.6 Å². The molecule has 1 heterocycles. The second kappa shape index (κ2) is 7.68. The van der Waals surface area contributed by atoms with Gasteiger partial charge >= 0.3 is 0 Å². The fourth-order valence-corrected chi connectivity index (χ4v) is 2.89. The van der Waals surface area contributed by atoms with Gasteiger partial charge in [0.15, 0.2) is 0 Å². The number of nitrogens with zero attached hydrogens (tertiary/aromatic N) is 1. The molecule has 2 aromatic rings. The van der Waals surface area contributed by atoms with Crippen LogP contribution in [0.15, 0.2) is 48.5 Å². The van der Waals surface area contributed by atoms with Crippen LogP contribution < -0.4 is 15.0 Å². The third-order valence-corrected chi connectivity index (χ3v) is 4.27. The van der Waals surface area contributed by atoms with Gasteiger partial charge in [0.1, 0.15) is 5.75 Å². The summed E-state index contributed by atoms with van der Waals surface area (Å²) in [6.07, 6.45) is 0.152. The summed E-state index contributed by atoms with van der Waals surface area (Å²) >= 11 is 5.86. The van der Waals surface area contributed by atoms with Crippen molar-refractivity contribution in [2.75, 3.05) is 11.5 Å². The third-order valence-electron chi connectivity index (χ3n) is 4.02. The first-order valence-electron chi connectivity index (χ1n) is 8.16. The molecule has 1 N–H and O–H groups in total. The largest absolute Gasteiger partial charge is 0.494 e. The summed E-state index contributed by atoms with van der Waals surface area (Å²) in [5.41, 5.74) is 1.57. The van der Waals surface area contributed by atoms with E-state index in [9.17, 15) is 9.59 Å². The molecule has 0 spiro atoms. The molecule has 2 amide bonds. The predicted molar refractivity (Wildman–Crippen MR) is 96.8 cm³/mol. The van der Waals surface area contributed by atoms with E-state index >= 15 is 0 Å². The lowest BCUT2D eigenvalue weighted by atomic mass is 10.2. The number of nitrogens with one attached hydrogen (secondary N) is 1. The average Bonchev–Trinajstić information content (AvgIpc) is 2.89. The molecule has 25 heavy (non-hydrogen) atoms. The highest BCUT2D eigenvalue weighted by Crippen LogP contribution is 2.25. The second-order valence-corrected chi connectivity index (χ2v) is 6.19. The van der Waals surface area contributed by atoms with E-state index in [0.717, 1.165) is 5.56 Å². The number of imide groups is 1. The lowest BCUT2D eigenvalue weighted by molar-refractivity contribution is -0.121. The van der Waals surface area contributed by atoms with Gasteiger partial charge in [-0.15, -0.1) is 0 Å². The van der Waals surface area contributed by atoms with Crippen LogP contribution in [0.1, 0.15) is 18.9 Å². The Hall–Kier alpha value is -2.37. The number of hydrogen-bond donors (Lipinski definition) is 1. The highest BCUT2D eigenvalue weighted by Gasteiger charge is 2.39. The normalized spacial score (nSPS) is 17.2. The van der Waals surface area contributed by atoms with Crippen molar-refractivity contribution in [1.82, 2.24) is 5.32 Å². The second-order valence-electron chi connectivity index (χ2n) is 5.76. The minimum Gasteiger partial charge on any atom is -0.494 e. The van der Waals surface area contributed by atoms with Crippen LogP contribution in [0.25, 0.3) is 0 Å². The first-order chi connectivity index (χ1) is 12.1. The number of halogens is 1. The van der Waals surface area contributed by atoms with Gasteiger partial charge in [-0.05, 0) is 48.9 Å². The fourth-order valence-electron chi connectivity index (χ4n) is 2.76. The number of benzene rings is 2. The molecule has 2 aromatic carbocycles. The molecule has 0 bridgehead atoms. The van der Waals surface area contributed by atoms with Crippen LogP contribution in [-0.4, -0.2) is 24.5 Å². The molecule has 0 aliphatic carbocycles. The van der Waals surface area contributed by atoms with Crippen molar-refractivity contribution >= 4 is 29.1 Å². The Kier molecular flexibility index (Phi) is 5.36. The number of carbonyl (C=O) groups is 2. The summed E-state index contributed by atoms with van der Waals surface area (Å²) in [6, 6.07) is 13.8. The van der Waals surface area contributed by atoms with Gasteiger partial charge in [0.25, 0.3) is 5.91 Å². The Balaban J connectivity index is 1.66. The molecule has 0 saturated carbocycles. The topological polar surface area (TPSA) is 58.6 Å². The quantitative estimate of drug-likeness (QED) is 0.806. The van der Waals surface area contributed by atoms with Gasteiger partial charge in [-0.1, -0.05) is 23.7 Å². The van der Waals surface area contributed by atoms with Crippen LogP contribution in [-0.2, 0) is 16.1 Å². The number of ether oxygens (including phenoxy) is 1. The Morgan fingerprint density at radius 2 is 1.80 bits per heavy atom. The Morgan fingerprint density at radius 1 is 1.12 bits per heavy atom. The van der Waals surface area contributed by atoms with Crippen molar-refractivity contribution in [2.24, 2.45) is 0 Å². The van der Waals surface area contributed by atoms with Crippen molar-refractivity contribution in [1.29, 1.82) is 0 Å². The van der Waals surface area contributed by atoms with E-state index in [1.165, 1.54) is 4.90 Å². The number of anilines is 1. The molecular formula is C19H19ClN2O3. The summed E-state index contributed by atoms with van der Waals surface area (Å²) in [5, 5.41) is 3.81. The van der Waals surface area contributed by atoms with E-state index in [2.05, 4.69) is 5.32 Å². The monoisotopic (exact) mass is 358 g/mol. The number of hydrogen-bond acceptors (Lipinski definition) is 4. The maximum absolute atomic E-state index is 12.6. The first-order valence-corrected chi connectivity index (χ1v) is 8.53. The number of rotatable bonds is 6. The summed E-state index contributed by atoms with van der Waals surface area (Å²) in [7, 11) is 0. The van der Waals surface area contributed by atoms with Gasteiger partial charge < -0.3 is 10.1 Å². The molecule has 1 aliphatic heterocycles. The molecule has 1 saturated heterocycles. The molecule has 0 aromatic heterocycles. The van der Waals surface area contributed by atoms with Gasteiger partial charge in [0.2, 0.25) is 5.91 Å². The average molecular weight is 359 g/mol. The molecule has 3 rings (SSSR count). The van der Waals surface area contributed by atoms with E-state index in [1.54, 1.807) is 36.4 Å². The maximum Gasteiger partial charge on any atom is 0.251 e. The van der Waals surface area contributed by atoms with E-state index in [-0.39, 0.29) is 18.2 Å². The highest BCUT2D eigenvalue weighted by atomic mass is 35.5. The van der Waals surface area contributed by atoms with Crippen molar-refractivity contribution < 1.29 is 14.3 Å². The number of carbonyl (C=O) groups excluding carboxylic acids is 2. The third kappa shape index (κ3) is 4.00. The lowest BCUT2D eigenvalue weighted by Crippen LogP contribution is -2.38. The van der Waals surface area contributed by atoms with Crippen LogP contribution in [0, 0.1) is 0 Å². The zero-order valence-corrected chi connectivity index (χ0v) is 14.6. The Labute approximate surface area is 151 Å². The highest BCUT2D eigenvalue weighted by molar-refractivity contribution is 6.30. The Bertz CT molecular complexity index is 759. The van der Waals surface area contributed by atoms with E-state index < -0.39 is 6.04 Å². The molecule has 0 unspecified atom stereocenters. The maximum atomic E-state index is 12.6. The van der Waals surface area contributed by atoms with Crippen LogP contribution in [0.4, 0.5) is 5.69 Å². The van der Waals surface area contributed by atoms with Crippen molar-refractivity contribution in [3.05, 3.63) is 59.1 Å². The summed E-state index contributed by atoms with van der Waals surface area (Å²) in [5.74, 6) is 0.272. The first kappa shape index (κ1) is 17.5. The lowest BCUT2D eigenvalue weighted by Gasteiger charge is -2.16. The molecule has 130 valence electrons.